The summed E-state index contributed by atoms with van der Waals surface area (Å²) in [5, 5.41) is 4.24. The third kappa shape index (κ3) is 3.66. The topological polar surface area (TPSA) is 33.1 Å². The molecule has 4 aromatic rings. The number of para-hydroxylation sites is 1. The first-order valence-corrected chi connectivity index (χ1v) is 11.3. The maximum atomic E-state index is 5.84. The first-order valence-electron chi connectivity index (χ1n) is 10.1. The Morgan fingerprint density at radius 3 is 2.32 bits per heavy atom. The van der Waals surface area contributed by atoms with Gasteiger partial charge in [0.05, 0.1) is 11.7 Å². The molecule has 1 N–H and O–H groups in total. The summed E-state index contributed by atoms with van der Waals surface area (Å²) >= 11 is 9.38. The van der Waals surface area contributed by atoms with E-state index in [1.165, 1.54) is 5.69 Å². The molecule has 0 bridgehead atoms. The molecule has 1 fully saturated rings. The Morgan fingerprint density at radius 2 is 1.61 bits per heavy atom. The first-order chi connectivity index (χ1) is 15.1. The molecular weight excluding hydrogens is 468 g/mol. The number of benzene rings is 2. The zero-order chi connectivity index (χ0) is 21.4. The van der Waals surface area contributed by atoms with Crippen molar-refractivity contribution in [3.63, 3.8) is 0 Å². The zero-order valence-electron chi connectivity index (χ0n) is 16.9. The van der Waals surface area contributed by atoms with E-state index in [1.807, 2.05) is 36.5 Å². The fourth-order valence-corrected chi connectivity index (χ4v) is 4.86. The molecule has 0 saturated carbocycles. The Bertz CT molecular complexity index is 1210. The van der Waals surface area contributed by atoms with Crippen LogP contribution in [0.4, 0.5) is 5.69 Å². The van der Waals surface area contributed by atoms with Gasteiger partial charge in [-0.3, -0.25) is 4.98 Å². The van der Waals surface area contributed by atoms with Crippen LogP contribution in [0.1, 0.15) is 29.2 Å². The summed E-state index contributed by atoms with van der Waals surface area (Å²) < 4.78 is 3.35. The van der Waals surface area contributed by atoms with Crippen molar-refractivity contribution in [3.8, 4) is 5.69 Å². The summed E-state index contributed by atoms with van der Waals surface area (Å²) in [6, 6.07) is 29.0. The van der Waals surface area contributed by atoms with Crippen LogP contribution < -0.4 is 10.2 Å². The standard InChI is InChI=1S/C25H21BrN4S/c1-17-10-15-22(29(17)19-7-3-2-4-8-19)24-23(21-9-5-6-16-27-21)28-25(31)30(24)20-13-11-18(26)12-14-20/h2-16,23-24H,1H3,(H,28,31). The SMILES string of the molecule is Cc1ccc(C2C(c3ccccn3)NC(=S)N2c2ccc(Br)cc2)n1-c1ccccc1. The Kier molecular flexibility index (Phi) is 5.34. The average Bonchev–Trinajstić information content (AvgIpc) is 3.35. The summed E-state index contributed by atoms with van der Waals surface area (Å²) in [6.45, 7) is 2.14. The normalized spacial score (nSPS) is 18.3. The van der Waals surface area contributed by atoms with Crippen LogP contribution in [0.15, 0.2) is 95.6 Å². The van der Waals surface area contributed by atoms with Gasteiger partial charge < -0.3 is 14.8 Å². The molecule has 0 amide bonds. The van der Waals surface area contributed by atoms with E-state index in [4.69, 9.17) is 12.2 Å². The Labute approximate surface area is 195 Å². The molecule has 0 radical (unpaired) electrons. The summed E-state index contributed by atoms with van der Waals surface area (Å²) in [6.07, 6.45) is 1.83. The number of thiocarbonyl (C=S) groups is 1. The molecule has 0 spiro atoms. The van der Waals surface area contributed by atoms with E-state index in [1.54, 1.807) is 0 Å². The van der Waals surface area contributed by atoms with Crippen LogP contribution in [0, 0.1) is 6.92 Å². The highest BCUT2D eigenvalue weighted by Gasteiger charge is 2.42. The second kappa shape index (κ2) is 8.29. The number of hydrogen-bond donors (Lipinski definition) is 1. The average molecular weight is 489 g/mol. The molecule has 2 aromatic heterocycles. The summed E-state index contributed by atoms with van der Waals surface area (Å²) in [5.41, 5.74) is 5.48. The van der Waals surface area contributed by atoms with Gasteiger partial charge in [0, 0.05) is 33.4 Å². The van der Waals surface area contributed by atoms with Crippen LogP contribution in [0.5, 0.6) is 0 Å². The maximum Gasteiger partial charge on any atom is 0.174 e. The van der Waals surface area contributed by atoms with Crippen molar-refractivity contribution in [1.29, 1.82) is 0 Å². The van der Waals surface area contributed by atoms with E-state index >= 15 is 0 Å². The van der Waals surface area contributed by atoms with Crippen LogP contribution in [-0.4, -0.2) is 14.7 Å². The minimum Gasteiger partial charge on any atom is -0.351 e. The smallest absolute Gasteiger partial charge is 0.174 e. The number of pyridine rings is 1. The van der Waals surface area contributed by atoms with E-state index in [9.17, 15) is 0 Å². The first kappa shape index (κ1) is 20.0. The summed E-state index contributed by atoms with van der Waals surface area (Å²) in [5.74, 6) is 0. The number of halogens is 1. The van der Waals surface area contributed by atoms with Gasteiger partial charge in [0.15, 0.2) is 5.11 Å². The van der Waals surface area contributed by atoms with Gasteiger partial charge in [-0.25, -0.2) is 0 Å². The van der Waals surface area contributed by atoms with Crippen molar-refractivity contribution in [2.24, 2.45) is 0 Å². The van der Waals surface area contributed by atoms with Gasteiger partial charge in [-0.05, 0) is 79.8 Å². The second-order valence-corrected chi connectivity index (χ2v) is 8.85. The minimum atomic E-state index is -0.0749. The Balaban J connectivity index is 1.70. The van der Waals surface area contributed by atoms with Crippen molar-refractivity contribution in [2.45, 2.75) is 19.0 Å². The number of anilines is 1. The fraction of sp³-hybridized carbons (Fsp3) is 0.120. The number of rotatable bonds is 4. The van der Waals surface area contributed by atoms with Gasteiger partial charge in [0.25, 0.3) is 0 Å². The molecule has 2 aromatic carbocycles. The molecule has 1 saturated heterocycles. The van der Waals surface area contributed by atoms with Crippen LogP contribution in [0.3, 0.4) is 0 Å². The van der Waals surface area contributed by atoms with Crippen molar-refractivity contribution < 1.29 is 0 Å². The van der Waals surface area contributed by atoms with Crippen LogP contribution in [0.2, 0.25) is 0 Å². The zero-order valence-corrected chi connectivity index (χ0v) is 19.3. The quantitative estimate of drug-likeness (QED) is 0.350. The van der Waals surface area contributed by atoms with Crippen molar-refractivity contribution in [2.75, 3.05) is 4.90 Å². The number of aromatic nitrogens is 2. The monoisotopic (exact) mass is 488 g/mol. The van der Waals surface area contributed by atoms with Crippen LogP contribution in [-0.2, 0) is 0 Å². The fourth-order valence-electron chi connectivity index (χ4n) is 4.25. The highest BCUT2D eigenvalue weighted by Crippen LogP contribution is 2.42. The van der Waals surface area contributed by atoms with Gasteiger partial charge in [0.2, 0.25) is 0 Å². The van der Waals surface area contributed by atoms with E-state index < -0.39 is 0 Å². The lowest BCUT2D eigenvalue weighted by molar-refractivity contribution is 0.548. The molecule has 1 aliphatic rings. The van der Waals surface area contributed by atoms with Gasteiger partial charge >= 0.3 is 0 Å². The lowest BCUT2D eigenvalue weighted by atomic mass is 10.0. The van der Waals surface area contributed by atoms with E-state index in [0.717, 1.165) is 27.2 Å². The third-order valence-electron chi connectivity index (χ3n) is 5.63. The number of nitrogens with zero attached hydrogens (tertiary/aromatic N) is 3. The Morgan fingerprint density at radius 1 is 0.871 bits per heavy atom. The largest absolute Gasteiger partial charge is 0.351 e. The van der Waals surface area contributed by atoms with E-state index in [0.29, 0.717) is 5.11 Å². The van der Waals surface area contributed by atoms with Gasteiger partial charge in [-0.1, -0.05) is 40.2 Å². The van der Waals surface area contributed by atoms with Crippen molar-refractivity contribution >= 4 is 38.9 Å². The van der Waals surface area contributed by atoms with E-state index in [-0.39, 0.29) is 12.1 Å². The molecule has 154 valence electrons. The highest BCUT2D eigenvalue weighted by atomic mass is 79.9. The molecule has 2 atom stereocenters. The predicted octanol–water partition coefficient (Wildman–Crippen LogP) is 6.12. The summed E-state index contributed by atoms with van der Waals surface area (Å²) in [7, 11) is 0. The maximum absolute atomic E-state index is 5.84. The predicted molar refractivity (Wildman–Crippen MR) is 133 cm³/mol. The van der Waals surface area contributed by atoms with Gasteiger partial charge in [-0.15, -0.1) is 0 Å². The molecule has 0 aliphatic carbocycles. The highest BCUT2D eigenvalue weighted by molar-refractivity contribution is 9.10. The molecule has 5 rings (SSSR count). The van der Waals surface area contributed by atoms with Crippen LogP contribution >= 0.6 is 28.1 Å². The molecule has 6 heteroatoms. The summed E-state index contributed by atoms with van der Waals surface area (Å²) in [4.78, 5) is 6.86. The van der Waals surface area contributed by atoms with Gasteiger partial charge in [0.1, 0.15) is 6.04 Å². The second-order valence-electron chi connectivity index (χ2n) is 7.54. The molecule has 1 aliphatic heterocycles. The lowest BCUT2D eigenvalue weighted by Gasteiger charge is -2.29. The molecule has 2 unspecified atom stereocenters. The molecule has 31 heavy (non-hydrogen) atoms. The third-order valence-corrected chi connectivity index (χ3v) is 6.47. The van der Waals surface area contributed by atoms with Crippen LogP contribution in [0.25, 0.3) is 5.69 Å². The molecule has 3 heterocycles. The van der Waals surface area contributed by atoms with E-state index in [2.05, 4.69) is 97.2 Å². The van der Waals surface area contributed by atoms with Gasteiger partial charge in [-0.2, -0.15) is 0 Å². The van der Waals surface area contributed by atoms with Crippen molar-refractivity contribution in [1.82, 2.24) is 14.9 Å². The number of hydrogen-bond acceptors (Lipinski definition) is 2. The molecular formula is C25H21BrN4S. The van der Waals surface area contributed by atoms with Crippen molar-refractivity contribution in [3.05, 3.63) is 113 Å². The Hall–Kier alpha value is -2.96. The number of aryl methyl sites for hydroxylation is 1. The lowest BCUT2D eigenvalue weighted by Crippen LogP contribution is -2.30. The number of nitrogens with one attached hydrogen (secondary N) is 1. The molecule has 4 nitrogen and oxygen atoms in total. The minimum absolute atomic E-state index is 0.0579.